The lowest BCUT2D eigenvalue weighted by atomic mass is 10.1. The average molecular weight is 541 g/mol. The van der Waals surface area contributed by atoms with Gasteiger partial charge in [-0.25, -0.2) is 0 Å². The van der Waals surface area contributed by atoms with Gasteiger partial charge in [0, 0.05) is 6.61 Å². The number of amides is 1. The molecule has 3 aromatic carbocycles. The number of nitrogens with zero attached hydrogens (tertiary/aromatic N) is 1. The van der Waals surface area contributed by atoms with Gasteiger partial charge in [0.25, 0.3) is 5.91 Å². The van der Waals surface area contributed by atoms with Gasteiger partial charge >= 0.3 is 0 Å². The highest BCUT2D eigenvalue weighted by Crippen LogP contribution is 2.35. The molecule has 3 aromatic rings. The molecule has 4 nitrogen and oxygen atoms in total. The maximum Gasteiger partial charge on any atom is 0.266 e. The zero-order chi connectivity index (χ0) is 22.8. The van der Waals surface area contributed by atoms with Crippen LogP contribution in [0.15, 0.2) is 70.0 Å². The van der Waals surface area contributed by atoms with E-state index in [1.807, 2.05) is 36.4 Å². The molecule has 2 heterocycles. The van der Waals surface area contributed by atoms with Crippen LogP contribution in [0.5, 0.6) is 5.75 Å². The molecule has 2 aliphatic rings. The highest BCUT2D eigenvalue weighted by atomic mass is 79.9. The van der Waals surface area contributed by atoms with Gasteiger partial charge < -0.3 is 9.47 Å². The summed E-state index contributed by atoms with van der Waals surface area (Å²) >= 11 is 10.4. The third-order valence-electron chi connectivity index (χ3n) is 5.75. The Labute approximate surface area is 211 Å². The second kappa shape index (κ2) is 9.97. The molecule has 2 fully saturated rings. The average Bonchev–Trinajstić information content (AvgIpc) is 3.42. The Balaban J connectivity index is 1.25. The topological polar surface area (TPSA) is 38.8 Å². The molecule has 1 atom stereocenters. The molecule has 0 bridgehead atoms. The smallest absolute Gasteiger partial charge is 0.266 e. The van der Waals surface area contributed by atoms with Gasteiger partial charge in [-0.2, -0.15) is 0 Å². The van der Waals surface area contributed by atoms with E-state index >= 15 is 0 Å². The number of fused-ring (bicyclic) bond motifs is 1. The van der Waals surface area contributed by atoms with Crippen LogP contribution in [0.25, 0.3) is 16.8 Å². The predicted molar refractivity (Wildman–Crippen MR) is 141 cm³/mol. The second-order valence-corrected chi connectivity index (χ2v) is 10.6. The van der Waals surface area contributed by atoms with Crippen LogP contribution in [-0.4, -0.2) is 34.4 Å². The summed E-state index contributed by atoms with van der Waals surface area (Å²) in [7, 11) is 0. The molecule has 0 unspecified atom stereocenters. The highest BCUT2D eigenvalue weighted by molar-refractivity contribution is 9.10. The molecule has 0 aromatic heterocycles. The van der Waals surface area contributed by atoms with Crippen LogP contribution < -0.4 is 4.74 Å². The summed E-state index contributed by atoms with van der Waals surface area (Å²) in [4.78, 5) is 15.2. The maximum absolute atomic E-state index is 12.9. The number of carbonyl (C=O) groups is 1. The minimum atomic E-state index is -0.0479. The summed E-state index contributed by atoms with van der Waals surface area (Å²) < 4.78 is 13.1. The summed E-state index contributed by atoms with van der Waals surface area (Å²) in [6.45, 7) is 1.77. The monoisotopic (exact) mass is 539 g/mol. The number of halogens is 1. The van der Waals surface area contributed by atoms with Gasteiger partial charge in [0.05, 0.1) is 22.0 Å². The standard InChI is InChI=1S/C26H22BrNO3S2/c27-22-13-17(14-24-25(29)28(26(32)33-24)15-21-6-3-11-30-21)8-10-23(22)31-16-18-7-9-19-4-1-2-5-20(19)12-18/h1-2,4-5,7-10,12-14,21H,3,6,11,15-16H2/b24-14-/t21-/m0/s1. The van der Waals surface area contributed by atoms with Crippen molar-refractivity contribution < 1.29 is 14.3 Å². The molecule has 1 amide bonds. The van der Waals surface area contributed by atoms with Gasteiger partial charge in [0.2, 0.25) is 0 Å². The van der Waals surface area contributed by atoms with Crippen LogP contribution in [0.2, 0.25) is 0 Å². The van der Waals surface area contributed by atoms with Crippen LogP contribution in [-0.2, 0) is 16.1 Å². The van der Waals surface area contributed by atoms with Crippen molar-refractivity contribution in [2.75, 3.05) is 13.2 Å². The van der Waals surface area contributed by atoms with Crippen molar-refractivity contribution in [2.45, 2.75) is 25.6 Å². The maximum atomic E-state index is 12.9. The first-order valence-corrected chi connectivity index (χ1v) is 12.9. The van der Waals surface area contributed by atoms with Crippen molar-refractivity contribution >= 4 is 67.0 Å². The van der Waals surface area contributed by atoms with Crippen molar-refractivity contribution in [3.63, 3.8) is 0 Å². The quantitative estimate of drug-likeness (QED) is 0.262. The molecule has 0 spiro atoms. The number of carbonyl (C=O) groups excluding carboxylic acids is 1. The fourth-order valence-corrected chi connectivity index (χ4v) is 5.80. The number of thiocarbonyl (C=S) groups is 1. The Morgan fingerprint density at radius 1 is 1.15 bits per heavy atom. The normalized spacial score (nSPS) is 19.7. The van der Waals surface area contributed by atoms with Gasteiger partial charge in [-0.15, -0.1) is 0 Å². The van der Waals surface area contributed by atoms with Crippen molar-refractivity contribution in [1.82, 2.24) is 4.90 Å². The Kier molecular flexibility index (Phi) is 6.83. The predicted octanol–water partition coefficient (Wildman–Crippen LogP) is 6.56. The number of hydrogen-bond donors (Lipinski definition) is 0. The van der Waals surface area contributed by atoms with Crippen molar-refractivity contribution in [3.05, 3.63) is 81.2 Å². The summed E-state index contributed by atoms with van der Waals surface area (Å²) in [5.41, 5.74) is 2.03. The Morgan fingerprint density at radius 2 is 2.00 bits per heavy atom. The lowest BCUT2D eigenvalue weighted by Gasteiger charge is -2.18. The van der Waals surface area contributed by atoms with Gasteiger partial charge in [-0.1, -0.05) is 66.4 Å². The van der Waals surface area contributed by atoms with Crippen LogP contribution in [0.4, 0.5) is 0 Å². The van der Waals surface area contributed by atoms with E-state index in [-0.39, 0.29) is 12.0 Å². The van der Waals surface area contributed by atoms with E-state index in [0.717, 1.165) is 40.8 Å². The van der Waals surface area contributed by atoms with Crippen LogP contribution in [0.1, 0.15) is 24.0 Å². The van der Waals surface area contributed by atoms with Gasteiger partial charge in [0.15, 0.2) is 0 Å². The van der Waals surface area contributed by atoms with Crippen molar-refractivity contribution in [1.29, 1.82) is 0 Å². The van der Waals surface area contributed by atoms with E-state index in [1.165, 1.54) is 22.5 Å². The molecule has 0 radical (unpaired) electrons. The minimum Gasteiger partial charge on any atom is -0.488 e. The molecule has 7 heteroatoms. The van der Waals surface area contributed by atoms with Crippen LogP contribution in [0, 0.1) is 0 Å². The van der Waals surface area contributed by atoms with Gasteiger partial charge in [0.1, 0.15) is 16.7 Å². The number of ether oxygens (including phenoxy) is 2. The van der Waals surface area contributed by atoms with Crippen LogP contribution >= 0.6 is 39.9 Å². The van der Waals surface area contributed by atoms with Gasteiger partial charge in [-0.3, -0.25) is 9.69 Å². The summed E-state index contributed by atoms with van der Waals surface area (Å²) in [5, 5.41) is 2.41. The molecule has 5 rings (SSSR count). The lowest BCUT2D eigenvalue weighted by Crippen LogP contribution is -2.35. The molecular weight excluding hydrogens is 518 g/mol. The third kappa shape index (κ3) is 5.17. The number of hydrogen-bond acceptors (Lipinski definition) is 5. The Morgan fingerprint density at radius 3 is 2.79 bits per heavy atom. The van der Waals surface area contributed by atoms with Crippen molar-refractivity contribution in [2.24, 2.45) is 0 Å². The molecule has 0 aliphatic carbocycles. The van der Waals surface area contributed by atoms with E-state index in [0.29, 0.717) is 22.4 Å². The minimum absolute atomic E-state index is 0.0479. The molecular formula is C26H22BrNO3S2. The molecule has 0 saturated carbocycles. The van der Waals surface area contributed by atoms with Gasteiger partial charge in [-0.05, 0) is 74.9 Å². The number of benzene rings is 3. The second-order valence-electron chi connectivity index (χ2n) is 8.09. The van der Waals surface area contributed by atoms with Crippen molar-refractivity contribution in [3.8, 4) is 5.75 Å². The SMILES string of the molecule is O=C1/C(=C/c2ccc(OCc3ccc4ccccc4c3)c(Br)c2)SC(=S)N1C[C@@H]1CCCO1. The van der Waals surface area contributed by atoms with E-state index in [9.17, 15) is 4.79 Å². The molecule has 2 saturated heterocycles. The van der Waals surface area contributed by atoms with E-state index < -0.39 is 0 Å². The first kappa shape index (κ1) is 22.6. The first-order chi connectivity index (χ1) is 16.1. The van der Waals surface area contributed by atoms with E-state index in [2.05, 4.69) is 46.3 Å². The Hall–Kier alpha value is -2.19. The molecule has 2 aliphatic heterocycles. The lowest BCUT2D eigenvalue weighted by molar-refractivity contribution is -0.123. The molecule has 168 valence electrons. The van der Waals surface area contributed by atoms with E-state index in [4.69, 9.17) is 21.7 Å². The number of thioether (sulfide) groups is 1. The Bertz CT molecular complexity index is 1250. The molecule has 33 heavy (non-hydrogen) atoms. The third-order valence-corrected chi connectivity index (χ3v) is 7.74. The summed E-state index contributed by atoms with van der Waals surface area (Å²) in [6.07, 6.45) is 3.98. The summed E-state index contributed by atoms with van der Waals surface area (Å²) in [6, 6.07) is 20.5. The zero-order valence-electron chi connectivity index (χ0n) is 17.8. The van der Waals surface area contributed by atoms with Crippen LogP contribution in [0.3, 0.4) is 0 Å². The number of rotatable bonds is 6. The fraction of sp³-hybridized carbons (Fsp3) is 0.231. The zero-order valence-corrected chi connectivity index (χ0v) is 21.0. The summed E-state index contributed by atoms with van der Waals surface area (Å²) in [5.74, 6) is 0.708. The largest absolute Gasteiger partial charge is 0.488 e. The van der Waals surface area contributed by atoms with E-state index in [1.54, 1.807) is 4.90 Å². The highest BCUT2D eigenvalue weighted by Gasteiger charge is 2.34. The molecule has 0 N–H and O–H groups in total. The fourth-order valence-electron chi connectivity index (χ4n) is 4.01. The first-order valence-electron chi connectivity index (χ1n) is 10.8.